The van der Waals surface area contributed by atoms with Crippen molar-refractivity contribution in [2.45, 2.75) is 31.3 Å². The fourth-order valence-electron chi connectivity index (χ4n) is 2.87. The number of phenols is 1. The number of hydrogen-bond donors (Lipinski definition) is 2. The second-order valence-electron chi connectivity index (χ2n) is 5.19. The number of piperazine rings is 1. The minimum absolute atomic E-state index is 0.0367. The second kappa shape index (κ2) is 4.57. The van der Waals surface area contributed by atoms with Crippen LogP contribution in [0.4, 0.5) is 0 Å². The van der Waals surface area contributed by atoms with Gasteiger partial charge in [0.1, 0.15) is 11.8 Å². The number of benzene rings is 1. The molecule has 0 spiro atoms. The molecule has 2 aliphatic heterocycles. The van der Waals surface area contributed by atoms with E-state index >= 15 is 0 Å². The first kappa shape index (κ1) is 12.0. The first-order chi connectivity index (χ1) is 9.13. The summed E-state index contributed by atoms with van der Waals surface area (Å²) in [6.07, 6.45) is 2.34. The van der Waals surface area contributed by atoms with E-state index in [1.165, 1.54) is 0 Å². The molecule has 2 aliphatic rings. The van der Waals surface area contributed by atoms with Crippen molar-refractivity contribution in [3.05, 3.63) is 29.8 Å². The van der Waals surface area contributed by atoms with Gasteiger partial charge in [0.2, 0.25) is 11.8 Å². The van der Waals surface area contributed by atoms with Crippen LogP contribution in [0.5, 0.6) is 5.75 Å². The van der Waals surface area contributed by atoms with Crippen LogP contribution in [0.15, 0.2) is 24.3 Å². The number of piperidine rings is 1. The third-order valence-electron chi connectivity index (χ3n) is 3.87. The summed E-state index contributed by atoms with van der Waals surface area (Å²) in [5, 5.41) is 12.0. The van der Waals surface area contributed by atoms with Crippen LogP contribution in [0.3, 0.4) is 0 Å². The molecule has 0 aliphatic carbocycles. The van der Waals surface area contributed by atoms with Gasteiger partial charge in [-0.15, -0.1) is 0 Å². The zero-order valence-electron chi connectivity index (χ0n) is 10.5. The van der Waals surface area contributed by atoms with Crippen LogP contribution in [0.2, 0.25) is 0 Å². The Balaban J connectivity index is 1.76. The lowest BCUT2D eigenvalue weighted by atomic mass is 9.91. The standard InChI is InChI=1S/C14H16N2O3/c17-11-4-1-9(2-5-11)7-10-3-6-12-14(19)16(10)8-13(18)15-12/h1-2,4-5,10,12,17H,3,6-8H2,(H,15,18). The third kappa shape index (κ3) is 2.28. The van der Waals surface area contributed by atoms with Gasteiger partial charge in [-0.25, -0.2) is 0 Å². The predicted molar refractivity (Wildman–Crippen MR) is 68.5 cm³/mol. The van der Waals surface area contributed by atoms with Crippen LogP contribution < -0.4 is 5.32 Å². The van der Waals surface area contributed by atoms with Crippen LogP contribution in [0.1, 0.15) is 18.4 Å². The van der Waals surface area contributed by atoms with E-state index in [4.69, 9.17) is 0 Å². The molecule has 0 saturated carbocycles. The highest BCUT2D eigenvalue weighted by Crippen LogP contribution is 2.24. The van der Waals surface area contributed by atoms with Gasteiger partial charge in [-0.1, -0.05) is 12.1 Å². The summed E-state index contributed by atoms with van der Waals surface area (Å²) >= 11 is 0. The number of phenolic OH excluding ortho intramolecular Hbond substituents is 1. The number of nitrogens with zero attached hydrogens (tertiary/aromatic N) is 1. The lowest BCUT2D eigenvalue weighted by Crippen LogP contribution is -2.64. The number of nitrogens with one attached hydrogen (secondary N) is 1. The van der Waals surface area contributed by atoms with Crippen LogP contribution >= 0.6 is 0 Å². The summed E-state index contributed by atoms with van der Waals surface area (Å²) in [7, 11) is 0. The molecule has 19 heavy (non-hydrogen) atoms. The molecular formula is C14H16N2O3. The molecule has 2 bridgehead atoms. The molecular weight excluding hydrogens is 244 g/mol. The summed E-state index contributed by atoms with van der Waals surface area (Å²) in [4.78, 5) is 25.3. The van der Waals surface area contributed by atoms with Gasteiger partial charge in [0.15, 0.2) is 0 Å². The number of rotatable bonds is 2. The Morgan fingerprint density at radius 2 is 1.95 bits per heavy atom. The van der Waals surface area contributed by atoms with Gasteiger partial charge in [0, 0.05) is 6.04 Å². The van der Waals surface area contributed by atoms with E-state index < -0.39 is 0 Å². The number of fused-ring (bicyclic) bond motifs is 2. The Hall–Kier alpha value is -2.04. The molecule has 1 aromatic carbocycles. The smallest absolute Gasteiger partial charge is 0.245 e. The third-order valence-corrected chi connectivity index (χ3v) is 3.87. The number of hydrogen-bond acceptors (Lipinski definition) is 3. The Bertz CT molecular complexity index is 512. The number of carbonyl (C=O) groups excluding carboxylic acids is 2. The topological polar surface area (TPSA) is 69.6 Å². The molecule has 2 fully saturated rings. The molecule has 2 amide bonds. The highest BCUT2D eigenvalue weighted by atomic mass is 16.3. The van der Waals surface area contributed by atoms with Crippen LogP contribution in [0.25, 0.3) is 0 Å². The van der Waals surface area contributed by atoms with Crippen molar-refractivity contribution >= 4 is 11.8 Å². The monoisotopic (exact) mass is 260 g/mol. The van der Waals surface area contributed by atoms with E-state index in [9.17, 15) is 14.7 Å². The van der Waals surface area contributed by atoms with Crippen LogP contribution in [-0.2, 0) is 16.0 Å². The fraction of sp³-hybridized carbons (Fsp3) is 0.429. The normalized spacial score (nSPS) is 26.2. The number of aromatic hydroxyl groups is 1. The maximum atomic E-state index is 12.1. The van der Waals surface area contributed by atoms with Gasteiger partial charge < -0.3 is 15.3 Å². The van der Waals surface area contributed by atoms with E-state index in [0.717, 1.165) is 18.4 Å². The van der Waals surface area contributed by atoms with Crippen molar-refractivity contribution in [1.82, 2.24) is 10.2 Å². The van der Waals surface area contributed by atoms with Gasteiger partial charge in [0.25, 0.3) is 0 Å². The van der Waals surface area contributed by atoms with Gasteiger partial charge in [-0.2, -0.15) is 0 Å². The quantitative estimate of drug-likeness (QED) is 0.810. The lowest BCUT2D eigenvalue weighted by Gasteiger charge is -2.42. The van der Waals surface area contributed by atoms with Crippen molar-refractivity contribution in [2.24, 2.45) is 0 Å². The van der Waals surface area contributed by atoms with Crippen molar-refractivity contribution in [3.8, 4) is 5.75 Å². The zero-order chi connectivity index (χ0) is 13.4. The maximum Gasteiger partial charge on any atom is 0.245 e. The SMILES string of the molecule is O=C1CN2C(=O)C(CCC2Cc2ccc(O)cc2)N1. The van der Waals surface area contributed by atoms with Crippen molar-refractivity contribution in [1.29, 1.82) is 0 Å². The molecule has 2 atom stereocenters. The van der Waals surface area contributed by atoms with Crippen molar-refractivity contribution < 1.29 is 14.7 Å². The van der Waals surface area contributed by atoms with E-state index in [0.29, 0.717) is 6.42 Å². The highest BCUT2D eigenvalue weighted by molar-refractivity contribution is 5.95. The van der Waals surface area contributed by atoms with Crippen LogP contribution in [-0.4, -0.2) is 40.4 Å². The summed E-state index contributed by atoms with van der Waals surface area (Å²) in [5.74, 6) is 0.204. The Kier molecular flexibility index (Phi) is 2.89. The average Bonchev–Trinajstić information content (AvgIpc) is 2.38. The van der Waals surface area contributed by atoms with E-state index in [2.05, 4.69) is 5.32 Å². The molecule has 2 saturated heterocycles. The number of amides is 2. The largest absolute Gasteiger partial charge is 0.508 e. The minimum atomic E-state index is -0.322. The minimum Gasteiger partial charge on any atom is -0.508 e. The molecule has 100 valence electrons. The Labute approximate surface area is 111 Å². The molecule has 0 aromatic heterocycles. The molecule has 5 heteroatoms. The molecule has 2 unspecified atom stereocenters. The molecule has 0 radical (unpaired) electrons. The Morgan fingerprint density at radius 1 is 1.21 bits per heavy atom. The molecule has 1 aromatic rings. The molecule has 2 N–H and O–H groups in total. The van der Waals surface area contributed by atoms with E-state index in [1.807, 2.05) is 12.1 Å². The second-order valence-corrected chi connectivity index (χ2v) is 5.19. The molecule has 3 rings (SSSR count). The summed E-state index contributed by atoms with van der Waals surface area (Å²) < 4.78 is 0. The predicted octanol–water partition coefficient (Wildman–Crippen LogP) is 0.424. The molecule has 2 heterocycles. The Morgan fingerprint density at radius 3 is 2.68 bits per heavy atom. The van der Waals surface area contributed by atoms with Crippen molar-refractivity contribution in [3.63, 3.8) is 0 Å². The van der Waals surface area contributed by atoms with E-state index in [1.54, 1.807) is 17.0 Å². The van der Waals surface area contributed by atoms with Crippen molar-refractivity contribution in [2.75, 3.05) is 6.54 Å². The van der Waals surface area contributed by atoms with Gasteiger partial charge >= 0.3 is 0 Å². The first-order valence-corrected chi connectivity index (χ1v) is 6.51. The van der Waals surface area contributed by atoms with Gasteiger partial charge in [-0.3, -0.25) is 9.59 Å². The summed E-state index contributed by atoms with van der Waals surface area (Å²) in [5.41, 5.74) is 1.07. The van der Waals surface area contributed by atoms with Gasteiger partial charge in [0.05, 0.1) is 6.54 Å². The average molecular weight is 260 g/mol. The fourth-order valence-corrected chi connectivity index (χ4v) is 2.87. The highest BCUT2D eigenvalue weighted by Gasteiger charge is 2.40. The first-order valence-electron chi connectivity index (χ1n) is 6.51. The molecule has 5 nitrogen and oxygen atoms in total. The lowest BCUT2D eigenvalue weighted by molar-refractivity contribution is -0.150. The zero-order valence-corrected chi connectivity index (χ0v) is 10.5. The van der Waals surface area contributed by atoms with Gasteiger partial charge in [-0.05, 0) is 37.0 Å². The summed E-state index contributed by atoms with van der Waals surface area (Å²) in [6.45, 7) is 0.165. The summed E-state index contributed by atoms with van der Waals surface area (Å²) in [6, 6.07) is 6.76. The maximum absolute atomic E-state index is 12.1. The number of carbonyl (C=O) groups is 2. The van der Waals surface area contributed by atoms with Crippen LogP contribution in [0, 0.1) is 0 Å². The van der Waals surface area contributed by atoms with E-state index in [-0.39, 0.29) is 36.2 Å².